The molecule has 4 rings (SSSR count). The van der Waals surface area contributed by atoms with Gasteiger partial charge in [0, 0.05) is 23.2 Å². The van der Waals surface area contributed by atoms with Crippen LogP contribution in [0, 0.1) is 17.0 Å². The predicted octanol–water partition coefficient (Wildman–Crippen LogP) is 3.74. The Hall–Kier alpha value is -3.10. The van der Waals surface area contributed by atoms with E-state index in [2.05, 4.69) is 25.3 Å². The van der Waals surface area contributed by atoms with Crippen molar-refractivity contribution in [3.05, 3.63) is 36.3 Å². The van der Waals surface area contributed by atoms with E-state index in [-0.39, 0.29) is 17.7 Å². The molecule has 0 saturated heterocycles. The number of hydrogen-bond acceptors (Lipinski definition) is 5. The molecule has 0 aromatic carbocycles. The van der Waals surface area contributed by atoms with Gasteiger partial charge in [0.25, 0.3) is 0 Å². The number of pyridine rings is 1. The standard InChI is InChI=1S/C19H19F2N5O2/c1-19(18(27)28)4-2-3-11(6-19)25-17-14(21)9-24-16(26-17)13-8-23-15-12(13)5-10(20)7-22-15/h5,7-9,11H,2-4,6H2,1H3,(H,22,23)(H,27,28)(H,24,25,26)/t11-,19+/m0/s1. The summed E-state index contributed by atoms with van der Waals surface area (Å²) >= 11 is 0. The fourth-order valence-electron chi connectivity index (χ4n) is 3.76. The van der Waals surface area contributed by atoms with Crippen LogP contribution in [0.15, 0.2) is 24.7 Å². The van der Waals surface area contributed by atoms with Crippen molar-refractivity contribution in [2.24, 2.45) is 5.41 Å². The molecule has 0 amide bonds. The van der Waals surface area contributed by atoms with Gasteiger partial charge in [-0.25, -0.2) is 23.7 Å². The second kappa shape index (κ2) is 6.81. The number of rotatable bonds is 4. The summed E-state index contributed by atoms with van der Waals surface area (Å²) in [4.78, 5) is 26.7. The summed E-state index contributed by atoms with van der Waals surface area (Å²) in [6.07, 6.45) is 6.17. The van der Waals surface area contributed by atoms with Crippen molar-refractivity contribution in [1.29, 1.82) is 0 Å². The van der Waals surface area contributed by atoms with Gasteiger partial charge >= 0.3 is 5.97 Å². The molecule has 0 aliphatic heterocycles. The van der Waals surface area contributed by atoms with E-state index in [1.165, 1.54) is 6.07 Å². The molecule has 1 saturated carbocycles. The van der Waals surface area contributed by atoms with Crippen LogP contribution in [0.25, 0.3) is 22.4 Å². The van der Waals surface area contributed by atoms with E-state index in [0.29, 0.717) is 29.4 Å². The lowest BCUT2D eigenvalue weighted by Gasteiger charge is -2.35. The molecule has 0 radical (unpaired) electrons. The number of halogens is 2. The molecule has 2 atom stereocenters. The topological polar surface area (TPSA) is 104 Å². The minimum Gasteiger partial charge on any atom is -0.481 e. The lowest BCUT2D eigenvalue weighted by molar-refractivity contribution is -0.149. The van der Waals surface area contributed by atoms with E-state index in [4.69, 9.17) is 0 Å². The lowest BCUT2D eigenvalue weighted by Crippen LogP contribution is -2.39. The molecule has 1 aliphatic carbocycles. The normalized spacial score (nSPS) is 22.3. The smallest absolute Gasteiger partial charge is 0.309 e. The molecule has 0 bridgehead atoms. The number of nitrogens with one attached hydrogen (secondary N) is 2. The number of aliphatic carboxylic acids is 1. The van der Waals surface area contributed by atoms with E-state index >= 15 is 0 Å². The minimum absolute atomic E-state index is 0.00310. The zero-order valence-corrected chi connectivity index (χ0v) is 15.2. The largest absolute Gasteiger partial charge is 0.481 e. The van der Waals surface area contributed by atoms with Gasteiger partial charge in [-0.1, -0.05) is 6.42 Å². The highest BCUT2D eigenvalue weighted by atomic mass is 19.1. The maximum Gasteiger partial charge on any atom is 0.309 e. The molecule has 9 heteroatoms. The lowest BCUT2D eigenvalue weighted by atomic mass is 9.73. The Morgan fingerprint density at radius 1 is 1.36 bits per heavy atom. The first-order valence-electron chi connectivity index (χ1n) is 9.01. The van der Waals surface area contributed by atoms with Gasteiger partial charge in [-0.3, -0.25) is 4.79 Å². The van der Waals surface area contributed by atoms with Crippen LogP contribution in [0.2, 0.25) is 0 Å². The molecule has 3 heterocycles. The molecule has 0 spiro atoms. The third-order valence-electron chi connectivity index (χ3n) is 5.32. The number of carboxylic acids is 1. The van der Waals surface area contributed by atoms with Gasteiger partial charge in [-0.2, -0.15) is 0 Å². The zero-order chi connectivity index (χ0) is 19.9. The minimum atomic E-state index is -0.851. The van der Waals surface area contributed by atoms with Crippen LogP contribution >= 0.6 is 0 Å². The molecule has 0 unspecified atom stereocenters. The van der Waals surface area contributed by atoms with Crippen molar-refractivity contribution in [3.63, 3.8) is 0 Å². The van der Waals surface area contributed by atoms with Crippen LogP contribution in [-0.2, 0) is 4.79 Å². The highest BCUT2D eigenvalue weighted by Gasteiger charge is 2.38. The van der Waals surface area contributed by atoms with Gasteiger partial charge in [0.05, 0.1) is 17.8 Å². The van der Waals surface area contributed by atoms with E-state index in [0.717, 1.165) is 25.2 Å². The van der Waals surface area contributed by atoms with Crippen molar-refractivity contribution in [1.82, 2.24) is 19.9 Å². The van der Waals surface area contributed by atoms with E-state index < -0.39 is 23.0 Å². The van der Waals surface area contributed by atoms with Crippen LogP contribution in [0.4, 0.5) is 14.6 Å². The van der Waals surface area contributed by atoms with Crippen LogP contribution < -0.4 is 5.32 Å². The fourth-order valence-corrected chi connectivity index (χ4v) is 3.76. The molecular formula is C19H19F2N5O2. The van der Waals surface area contributed by atoms with E-state index in [1.807, 2.05) is 0 Å². The number of H-pyrrole nitrogens is 1. The van der Waals surface area contributed by atoms with Gasteiger partial charge in [0.2, 0.25) is 0 Å². The van der Waals surface area contributed by atoms with E-state index in [1.54, 1.807) is 13.1 Å². The van der Waals surface area contributed by atoms with Crippen LogP contribution in [0.3, 0.4) is 0 Å². The molecule has 3 aromatic rings. The second-order valence-electron chi connectivity index (χ2n) is 7.45. The summed E-state index contributed by atoms with van der Waals surface area (Å²) < 4.78 is 27.9. The molecule has 1 aliphatic rings. The van der Waals surface area contributed by atoms with Gasteiger partial charge < -0.3 is 15.4 Å². The molecular weight excluding hydrogens is 368 g/mol. The highest BCUT2D eigenvalue weighted by molar-refractivity contribution is 5.91. The molecule has 7 nitrogen and oxygen atoms in total. The van der Waals surface area contributed by atoms with Gasteiger partial charge in [-0.05, 0) is 32.3 Å². The molecule has 3 N–H and O–H groups in total. The Morgan fingerprint density at radius 2 is 2.18 bits per heavy atom. The zero-order valence-electron chi connectivity index (χ0n) is 15.2. The first-order valence-corrected chi connectivity index (χ1v) is 9.01. The number of anilines is 1. The summed E-state index contributed by atoms with van der Waals surface area (Å²) in [5.41, 5.74) is 0.134. The SMILES string of the molecule is C[C@@]1(C(=O)O)CCC[C@H](Nc2nc(-c3c[nH]c4ncc(F)cc34)ncc2F)C1. The Bertz CT molecular complexity index is 1050. The van der Waals surface area contributed by atoms with Crippen LogP contribution in [0.5, 0.6) is 0 Å². The number of carbonyl (C=O) groups is 1. The quantitative estimate of drug-likeness (QED) is 0.630. The van der Waals surface area contributed by atoms with Gasteiger partial charge in [-0.15, -0.1) is 0 Å². The number of carboxylic acid groups (broad SMARTS) is 1. The van der Waals surface area contributed by atoms with Gasteiger partial charge in [0.1, 0.15) is 11.5 Å². The second-order valence-corrected chi connectivity index (χ2v) is 7.45. The Balaban J connectivity index is 1.64. The summed E-state index contributed by atoms with van der Waals surface area (Å²) in [7, 11) is 0. The third kappa shape index (κ3) is 3.28. The average molecular weight is 387 g/mol. The van der Waals surface area contributed by atoms with Gasteiger partial charge in [0.15, 0.2) is 17.5 Å². The van der Waals surface area contributed by atoms with Crippen molar-refractivity contribution >= 4 is 22.8 Å². The maximum atomic E-state index is 14.3. The molecule has 1 fully saturated rings. The Kier molecular flexibility index (Phi) is 4.44. The van der Waals surface area contributed by atoms with Crippen molar-refractivity contribution < 1.29 is 18.7 Å². The Labute approximate surface area is 159 Å². The monoisotopic (exact) mass is 387 g/mol. The summed E-state index contributed by atoms with van der Waals surface area (Å²) in [5, 5.41) is 13.0. The first-order chi connectivity index (χ1) is 13.4. The van der Waals surface area contributed by atoms with Crippen LogP contribution in [0.1, 0.15) is 32.6 Å². The van der Waals surface area contributed by atoms with Crippen LogP contribution in [-0.4, -0.2) is 37.1 Å². The fraction of sp³-hybridized carbons (Fsp3) is 0.368. The summed E-state index contributed by atoms with van der Waals surface area (Å²) in [5.74, 6) is -1.75. The molecule has 28 heavy (non-hydrogen) atoms. The van der Waals surface area contributed by atoms with Crippen molar-refractivity contribution in [2.45, 2.75) is 38.6 Å². The number of aromatic amines is 1. The highest BCUT2D eigenvalue weighted by Crippen LogP contribution is 2.37. The van der Waals surface area contributed by atoms with Crippen molar-refractivity contribution in [3.8, 4) is 11.4 Å². The summed E-state index contributed by atoms with van der Waals surface area (Å²) in [6, 6.07) is 1.10. The number of hydrogen-bond donors (Lipinski definition) is 3. The molecule has 3 aromatic heterocycles. The number of nitrogens with zero attached hydrogens (tertiary/aromatic N) is 3. The number of aromatic nitrogens is 4. The predicted molar refractivity (Wildman–Crippen MR) is 98.7 cm³/mol. The van der Waals surface area contributed by atoms with E-state index in [9.17, 15) is 18.7 Å². The van der Waals surface area contributed by atoms with Crippen molar-refractivity contribution in [2.75, 3.05) is 5.32 Å². The first kappa shape index (κ1) is 18.3. The number of fused-ring (bicyclic) bond motifs is 1. The summed E-state index contributed by atoms with van der Waals surface area (Å²) in [6.45, 7) is 1.71. The average Bonchev–Trinajstić information content (AvgIpc) is 3.06. The third-order valence-corrected chi connectivity index (χ3v) is 5.32. The Morgan fingerprint density at radius 3 is 2.96 bits per heavy atom. The maximum absolute atomic E-state index is 14.3. The molecule has 146 valence electrons.